The van der Waals surface area contributed by atoms with Gasteiger partial charge in [-0.25, -0.2) is 4.98 Å². The van der Waals surface area contributed by atoms with Crippen LogP contribution in [0.1, 0.15) is 19.0 Å². The normalized spacial score (nSPS) is 10.1. The first kappa shape index (κ1) is 12.5. The molecule has 4 heteroatoms. The molecule has 0 fully saturated rings. The molecular weight excluding hydrogens is 200 g/mol. The van der Waals surface area contributed by atoms with Gasteiger partial charge in [-0.15, -0.1) is 0 Å². The highest BCUT2D eigenvalue weighted by Gasteiger charge is 2.04. The third-order valence-electron chi connectivity index (χ3n) is 2.44. The number of anilines is 1. The van der Waals surface area contributed by atoms with Crippen molar-refractivity contribution >= 4 is 5.82 Å². The van der Waals surface area contributed by atoms with Crippen molar-refractivity contribution in [1.29, 1.82) is 5.26 Å². The molecule has 0 aromatic carbocycles. The van der Waals surface area contributed by atoms with Crippen LogP contribution in [0.25, 0.3) is 0 Å². The van der Waals surface area contributed by atoms with E-state index in [2.05, 4.69) is 28.2 Å². The fourth-order valence-corrected chi connectivity index (χ4v) is 1.49. The smallest absolute Gasteiger partial charge is 0.126 e. The Hall–Kier alpha value is -1.60. The minimum atomic E-state index is 0.569. The molecule has 0 bridgehead atoms. The van der Waals surface area contributed by atoms with Crippen LogP contribution in [0.15, 0.2) is 18.2 Å². The van der Waals surface area contributed by atoms with Crippen molar-refractivity contribution in [1.82, 2.24) is 9.88 Å². The van der Waals surface area contributed by atoms with Crippen molar-refractivity contribution in [3.63, 3.8) is 0 Å². The lowest BCUT2D eigenvalue weighted by Crippen LogP contribution is -2.24. The third-order valence-corrected chi connectivity index (χ3v) is 2.44. The first-order valence-corrected chi connectivity index (χ1v) is 5.53. The van der Waals surface area contributed by atoms with E-state index in [9.17, 15) is 0 Å². The molecule has 0 radical (unpaired) electrons. The average Bonchev–Trinajstić information content (AvgIpc) is 2.34. The van der Waals surface area contributed by atoms with E-state index in [0.29, 0.717) is 6.42 Å². The highest BCUT2D eigenvalue weighted by atomic mass is 15.1. The highest BCUT2D eigenvalue weighted by molar-refractivity contribution is 5.34. The van der Waals surface area contributed by atoms with Gasteiger partial charge in [-0.05, 0) is 18.7 Å². The summed E-state index contributed by atoms with van der Waals surface area (Å²) in [5.41, 5.74) is 1.03. The Morgan fingerprint density at radius 1 is 1.50 bits per heavy atom. The molecule has 0 spiro atoms. The number of rotatable bonds is 6. The Morgan fingerprint density at radius 2 is 2.31 bits per heavy atom. The van der Waals surface area contributed by atoms with Gasteiger partial charge in [-0.1, -0.05) is 13.0 Å². The number of nitrogens with one attached hydrogen (secondary N) is 1. The lowest BCUT2D eigenvalue weighted by atomic mass is 10.3. The van der Waals surface area contributed by atoms with Gasteiger partial charge in [-0.2, -0.15) is 5.26 Å². The van der Waals surface area contributed by atoms with E-state index >= 15 is 0 Å². The minimum absolute atomic E-state index is 0.569. The van der Waals surface area contributed by atoms with Crippen molar-refractivity contribution in [3.05, 3.63) is 23.9 Å². The van der Waals surface area contributed by atoms with Gasteiger partial charge in [-0.3, -0.25) is 4.90 Å². The molecule has 1 N–H and O–H groups in total. The molecule has 1 rings (SSSR count). The monoisotopic (exact) mass is 218 g/mol. The van der Waals surface area contributed by atoms with Gasteiger partial charge in [0.05, 0.1) is 11.8 Å². The first-order chi connectivity index (χ1) is 7.80. The molecule has 0 saturated heterocycles. The Labute approximate surface area is 96.9 Å². The van der Waals surface area contributed by atoms with Gasteiger partial charge in [0, 0.05) is 26.6 Å². The second-order valence-corrected chi connectivity index (χ2v) is 3.54. The summed E-state index contributed by atoms with van der Waals surface area (Å²) in [6, 6.07) is 8.11. The quantitative estimate of drug-likeness (QED) is 0.791. The summed E-state index contributed by atoms with van der Waals surface area (Å²) in [5, 5.41) is 11.6. The fraction of sp³-hybridized carbons (Fsp3) is 0.500. The minimum Gasteiger partial charge on any atom is -0.373 e. The summed E-state index contributed by atoms with van der Waals surface area (Å²) < 4.78 is 0. The zero-order chi connectivity index (χ0) is 11.8. The highest BCUT2D eigenvalue weighted by Crippen LogP contribution is 2.07. The van der Waals surface area contributed by atoms with Crippen LogP contribution in [0.5, 0.6) is 0 Å². The molecule has 0 aliphatic carbocycles. The standard InChI is InChI=1S/C12H18N4/c1-3-16(9-5-8-13)10-11-6-4-7-12(14-2)15-11/h4,6-7H,3,5,9-10H2,1-2H3,(H,14,15). The van der Waals surface area contributed by atoms with Crippen molar-refractivity contribution in [3.8, 4) is 6.07 Å². The molecule has 0 aliphatic rings. The molecule has 0 aliphatic heterocycles. The van der Waals surface area contributed by atoms with E-state index in [1.807, 2.05) is 25.2 Å². The summed E-state index contributed by atoms with van der Waals surface area (Å²) in [6.45, 7) is 4.64. The topological polar surface area (TPSA) is 52.0 Å². The van der Waals surface area contributed by atoms with E-state index < -0.39 is 0 Å². The predicted octanol–water partition coefficient (Wildman–Crippen LogP) is 1.86. The van der Waals surface area contributed by atoms with Gasteiger partial charge >= 0.3 is 0 Å². The molecule has 4 nitrogen and oxygen atoms in total. The zero-order valence-electron chi connectivity index (χ0n) is 9.90. The van der Waals surface area contributed by atoms with E-state index in [0.717, 1.165) is 31.1 Å². The molecular formula is C12H18N4. The van der Waals surface area contributed by atoms with Crippen LogP contribution < -0.4 is 5.32 Å². The van der Waals surface area contributed by atoms with Gasteiger partial charge < -0.3 is 5.32 Å². The Bertz CT molecular complexity index is 356. The van der Waals surface area contributed by atoms with Crippen LogP contribution in [0, 0.1) is 11.3 Å². The Kier molecular flexibility index (Phi) is 5.30. The van der Waals surface area contributed by atoms with Crippen molar-refractivity contribution in [2.75, 3.05) is 25.5 Å². The van der Waals surface area contributed by atoms with E-state index in [1.165, 1.54) is 0 Å². The number of hydrogen-bond donors (Lipinski definition) is 1. The molecule has 1 heterocycles. The maximum Gasteiger partial charge on any atom is 0.126 e. The SMILES string of the molecule is CCN(CCC#N)Cc1cccc(NC)n1. The van der Waals surface area contributed by atoms with Crippen LogP contribution >= 0.6 is 0 Å². The number of aromatic nitrogens is 1. The van der Waals surface area contributed by atoms with Crippen LogP contribution in [0.2, 0.25) is 0 Å². The summed E-state index contributed by atoms with van der Waals surface area (Å²) in [6.07, 6.45) is 0.569. The van der Waals surface area contributed by atoms with Crippen LogP contribution in [0.3, 0.4) is 0 Å². The second kappa shape index (κ2) is 6.81. The molecule has 16 heavy (non-hydrogen) atoms. The Balaban J connectivity index is 2.59. The lowest BCUT2D eigenvalue weighted by molar-refractivity contribution is 0.283. The number of hydrogen-bond acceptors (Lipinski definition) is 4. The summed E-state index contributed by atoms with van der Waals surface area (Å²) >= 11 is 0. The zero-order valence-corrected chi connectivity index (χ0v) is 9.90. The van der Waals surface area contributed by atoms with E-state index in [-0.39, 0.29) is 0 Å². The second-order valence-electron chi connectivity index (χ2n) is 3.54. The number of nitriles is 1. The largest absolute Gasteiger partial charge is 0.373 e. The van der Waals surface area contributed by atoms with Crippen LogP contribution in [-0.4, -0.2) is 30.0 Å². The summed E-state index contributed by atoms with van der Waals surface area (Å²) in [4.78, 5) is 6.66. The molecule has 1 aromatic heterocycles. The molecule has 0 amide bonds. The van der Waals surface area contributed by atoms with Gasteiger partial charge in [0.2, 0.25) is 0 Å². The molecule has 1 aromatic rings. The van der Waals surface area contributed by atoms with E-state index in [1.54, 1.807) is 0 Å². The predicted molar refractivity (Wildman–Crippen MR) is 65.0 cm³/mol. The maximum atomic E-state index is 8.56. The average molecular weight is 218 g/mol. The first-order valence-electron chi connectivity index (χ1n) is 5.53. The number of pyridine rings is 1. The molecule has 0 unspecified atom stereocenters. The summed E-state index contributed by atoms with van der Waals surface area (Å²) in [7, 11) is 1.86. The van der Waals surface area contributed by atoms with Crippen LogP contribution in [-0.2, 0) is 6.54 Å². The molecule has 86 valence electrons. The van der Waals surface area contributed by atoms with Crippen molar-refractivity contribution in [2.45, 2.75) is 19.9 Å². The van der Waals surface area contributed by atoms with Gasteiger partial charge in [0.15, 0.2) is 0 Å². The fourth-order valence-electron chi connectivity index (χ4n) is 1.49. The number of nitrogens with zero attached hydrogens (tertiary/aromatic N) is 3. The molecule has 0 saturated carbocycles. The van der Waals surface area contributed by atoms with Crippen molar-refractivity contribution < 1.29 is 0 Å². The summed E-state index contributed by atoms with van der Waals surface area (Å²) in [5.74, 6) is 0.883. The van der Waals surface area contributed by atoms with Gasteiger partial charge in [0.25, 0.3) is 0 Å². The third kappa shape index (κ3) is 3.87. The lowest BCUT2D eigenvalue weighted by Gasteiger charge is -2.18. The van der Waals surface area contributed by atoms with E-state index in [4.69, 9.17) is 5.26 Å². The van der Waals surface area contributed by atoms with Crippen LogP contribution in [0.4, 0.5) is 5.82 Å². The van der Waals surface area contributed by atoms with Gasteiger partial charge in [0.1, 0.15) is 5.82 Å². The Morgan fingerprint density at radius 3 is 2.94 bits per heavy atom. The molecule has 0 atom stereocenters. The maximum absolute atomic E-state index is 8.56. The van der Waals surface area contributed by atoms with Crippen molar-refractivity contribution in [2.24, 2.45) is 0 Å².